The van der Waals surface area contributed by atoms with Crippen LogP contribution in [0.4, 0.5) is 0 Å². The van der Waals surface area contributed by atoms with Crippen LogP contribution in [0.3, 0.4) is 0 Å². The summed E-state index contributed by atoms with van der Waals surface area (Å²) in [6, 6.07) is 9.78. The van der Waals surface area contributed by atoms with Gasteiger partial charge in [-0.1, -0.05) is 37.5 Å². The molecule has 0 saturated carbocycles. The molecule has 0 fully saturated rings. The Balaban J connectivity index is 2.28. The van der Waals surface area contributed by atoms with Crippen LogP contribution in [0.15, 0.2) is 39.3 Å². The largest absolute Gasteiger partial charge is 0.378 e. The number of nitrogens with one attached hydrogen (secondary N) is 1. The molecule has 1 aromatic rings. The predicted octanol–water partition coefficient (Wildman–Crippen LogP) is 3.23. The summed E-state index contributed by atoms with van der Waals surface area (Å²) in [6.45, 7) is 5.80. The number of carbonyl (C=O) groups is 2. The number of benzene rings is 1. The van der Waals surface area contributed by atoms with Gasteiger partial charge in [-0.05, 0) is 37.4 Å². The van der Waals surface area contributed by atoms with E-state index in [9.17, 15) is 9.59 Å². The number of carbonyl (C=O) groups excluding carboxylic acids is 2. The number of ether oxygens (including phenoxy) is 1. The molecule has 0 aliphatic carbocycles. The minimum Gasteiger partial charge on any atom is -0.378 e. The minimum atomic E-state index is -0.179. The first-order valence-corrected chi connectivity index (χ1v) is 12.3. The Kier molecular flexibility index (Phi) is 15.9. The molecule has 0 aliphatic rings. The predicted molar refractivity (Wildman–Crippen MR) is 137 cm³/mol. The number of nitriles is 1. The van der Waals surface area contributed by atoms with Crippen molar-refractivity contribution in [2.24, 2.45) is 15.9 Å². The number of nitrogens with two attached hydrogens (primary N) is 1. The Labute approximate surface area is 206 Å². The molecular weight excluding hydrogens is 452 g/mol. The van der Waals surface area contributed by atoms with Gasteiger partial charge in [-0.25, -0.2) is 0 Å². The number of hydrogen-bond acceptors (Lipinski definition) is 8. The number of unbranched alkanes of at least 4 members (excludes halogenated alkanes) is 2. The molecule has 10 heteroatoms. The molecule has 0 unspecified atom stereocenters. The zero-order valence-corrected chi connectivity index (χ0v) is 21.0. The first kappa shape index (κ1) is 29.1. The Morgan fingerprint density at radius 2 is 1.97 bits per heavy atom. The van der Waals surface area contributed by atoms with E-state index in [1.54, 1.807) is 0 Å². The van der Waals surface area contributed by atoms with Crippen LogP contribution in [0.1, 0.15) is 51.0 Å². The fourth-order valence-electron chi connectivity index (χ4n) is 2.76. The SMILES string of the molecule is CCCCCC(=O)NCCOCCN=C/C(CCC(=O)N(CC#N)Sc1ccc(C)cc1)=N\N. The Morgan fingerprint density at radius 1 is 1.21 bits per heavy atom. The smallest absolute Gasteiger partial charge is 0.234 e. The van der Waals surface area contributed by atoms with Crippen LogP contribution in [0.5, 0.6) is 0 Å². The third kappa shape index (κ3) is 13.6. The van der Waals surface area contributed by atoms with Crippen molar-refractivity contribution in [2.75, 3.05) is 32.8 Å². The molecule has 0 aliphatic heterocycles. The van der Waals surface area contributed by atoms with Crippen molar-refractivity contribution < 1.29 is 14.3 Å². The maximum atomic E-state index is 12.6. The highest BCUT2D eigenvalue weighted by Gasteiger charge is 2.15. The van der Waals surface area contributed by atoms with Crippen molar-refractivity contribution in [2.45, 2.75) is 57.3 Å². The number of amides is 2. The average molecular weight is 489 g/mol. The zero-order valence-electron chi connectivity index (χ0n) is 20.2. The molecule has 0 saturated heterocycles. The Hall–Kier alpha value is -2.90. The fourth-order valence-corrected chi connectivity index (χ4v) is 3.59. The number of hydrogen-bond donors (Lipinski definition) is 2. The van der Waals surface area contributed by atoms with E-state index in [-0.39, 0.29) is 24.8 Å². The molecule has 0 bridgehead atoms. The van der Waals surface area contributed by atoms with Gasteiger partial charge in [0.05, 0.1) is 31.5 Å². The van der Waals surface area contributed by atoms with Crippen LogP contribution in [0.25, 0.3) is 0 Å². The van der Waals surface area contributed by atoms with E-state index >= 15 is 0 Å². The van der Waals surface area contributed by atoms with Gasteiger partial charge in [0, 0.05) is 36.9 Å². The molecule has 186 valence electrons. The average Bonchev–Trinajstić information content (AvgIpc) is 2.83. The summed E-state index contributed by atoms with van der Waals surface area (Å²) in [5.74, 6) is 5.30. The van der Waals surface area contributed by atoms with Gasteiger partial charge in [-0.3, -0.25) is 18.9 Å². The van der Waals surface area contributed by atoms with Gasteiger partial charge in [-0.2, -0.15) is 10.4 Å². The second-order valence-electron chi connectivity index (χ2n) is 7.57. The van der Waals surface area contributed by atoms with Crippen LogP contribution < -0.4 is 11.2 Å². The minimum absolute atomic E-state index is 0.0168. The van der Waals surface area contributed by atoms with Gasteiger partial charge in [0.2, 0.25) is 11.8 Å². The number of aliphatic imine (C=N–C) groups is 1. The second-order valence-corrected chi connectivity index (χ2v) is 8.66. The molecule has 3 N–H and O–H groups in total. The van der Waals surface area contributed by atoms with E-state index in [2.05, 4.69) is 22.3 Å². The summed E-state index contributed by atoms with van der Waals surface area (Å²) in [4.78, 5) is 29.3. The topological polar surface area (TPSA) is 133 Å². The molecule has 1 rings (SSSR count). The highest BCUT2D eigenvalue weighted by molar-refractivity contribution is 7.97. The van der Waals surface area contributed by atoms with Crippen molar-refractivity contribution in [3.05, 3.63) is 29.8 Å². The van der Waals surface area contributed by atoms with Gasteiger partial charge in [-0.15, -0.1) is 0 Å². The lowest BCUT2D eigenvalue weighted by Crippen LogP contribution is -2.27. The number of rotatable bonds is 17. The van der Waals surface area contributed by atoms with Crippen LogP contribution in [0.2, 0.25) is 0 Å². The molecule has 0 aromatic heterocycles. The van der Waals surface area contributed by atoms with Crippen molar-refractivity contribution in [1.29, 1.82) is 5.26 Å². The van der Waals surface area contributed by atoms with Gasteiger partial charge < -0.3 is 15.9 Å². The number of aryl methyl sites for hydroxylation is 1. The Morgan fingerprint density at radius 3 is 2.65 bits per heavy atom. The lowest BCUT2D eigenvalue weighted by atomic mass is 10.2. The van der Waals surface area contributed by atoms with Crippen LogP contribution >= 0.6 is 11.9 Å². The van der Waals surface area contributed by atoms with E-state index in [1.807, 2.05) is 37.3 Å². The summed E-state index contributed by atoms with van der Waals surface area (Å²) in [6.07, 6.45) is 5.65. The van der Waals surface area contributed by atoms with Gasteiger partial charge in [0.25, 0.3) is 0 Å². The van der Waals surface area contributed by atoms with E-state index in [0.29, 0.717) is 44.9 Å². The lowest BCUT2D eigenvalue weighted by molar-refractivity contribution is -0.125. The normalized spacial score (nSPS) is 11.4. The lowest BCUT2D eigenvalue weighted by Gasteiger charge is -2.18. The zero-order chi connectivity index (χ0) is 25.0. The first-order chi connectivity index (χ1) is 16.5. The quantitative estimate of drug-likeness (QED) is 0.0864. The van der Waals surface area contributed by atoms with E-state index in [4.69, 9.17) is 15.8 Å². The molecule has 2 amide bonds. The van der Waals surface area contributed by atoms with Crippen LogP contribution in [0, 0.1) is 18.3 Å². The van der Waals surface area contributed by atoms with Crippen molar-refractivity contribution in [1.82, 2.24) is 9.62 Å². The number of hydrazone groups is 1. The molecule has 0 spiro atoms. The summed E-state index contributed by atoms with van der Waals surface area (Å²) < 4.78 is 6.89. The molecule has 34 heavy (non-hydrogen) atoms. The molecule has 9 nitrogen and oxygen atoms in total. The summed E-state index contributed by atoms with van der Waals surface area (Å²) in [5, 5.41) is 15.6. The molecule has 0 radical (unpaired) electrons. The van der Waals surface area contributed by atoms with Gasteiger partial charge in [0.15, 0.2) is 0 Å². The Bertz CT molecular complexity index is 836. The third-order valence-corrected chi connectivity index (χ3v) is 5.71. The molecule has 1 aromatic carbocycles. The van der Waals surface area contributed by atoms with E-state index in [1.165, 1.54) is 22.5 Å². The molecule has 0 heterocycles. The third-order valence-electron chi connectivity index (χ3n) is 4.67. The van der Waals surface area contributed by atoms with Crippen molar-refractivity contribution >= 4 is 35.7 Å². The highest BCUT2D eigenvalue weighted by atomic mass is 32.2. The standard InChI is InChI=1S/C24H36N6O3S/c1-3-4-5-6-23(31)28-15-18-33-17-14-27-19-21(29-26)9-12-24(32)30(16-13-25)34-22-10-7-20(2)8-11-22/h7-8,10-11,19H,3-6,9,12,14-18,26H2,1-2H3,(H,28,31)/b27-19?,29-21-. The van der Waals surface area contributed by atoms with Crippen LogP contribution in [-0.4, -0.2) is 60.9 Å². The van der Waals surface area contributed by atoms with E-state index in [0.717, 1.165) is 29.7 Å². The molecule has 0 atom stereocenters. The summed E-state index contributed by atoms with van der Waals surface area (Å²) in [5.41, 5.74) is 1.62. The number of nitrogens with zero attached hydrogens (tertiary/aromatic N) is 4. The first-order valence-electron chi connectivity index (χ1n) is 11.5. The molecular formula is C24H36N6O3S. The van der Waals surface area contributed by atoms with Crippen LogP contribution in [-0.2, 0) is 14.3 Å². The van der Waals surface area contributed by atoms with E-state index < -0.39 is 0 Å². The maximum absolute atomic E-state index is 12.6. The second kappa shape index (κ2) is 18.5. The fraction of sp³-hybridized carbons (Fsp3) is 0.542. The summed E-state index contributed by atoms with van der Waals surface area (Å²) in [7, 11) is 0. The van der Waals surface area contributed by atoms with Crippen molar-refractivity contribution in [3.63, 3.8) is 0 Å². The monoisotopic (exact) mass is 488 g/mol. The van der Waals surface area contributed by atoms with Gasteiger partial charge in [0.1, 0.15) is 6.54 Å². The summed E-state index contributed by atoms with van der Waals surface area (Å²) >= 11 is 1.24. The highest BCUT2D eigenvalue weighted by Crippen LogP contribution is 2.23. The van der Waals surface area contributed by atoms with Gasteiger partial charge >= 0.3 is 0 Å². The van der Waals surface area contributed by atoms with Crippen molar-refractivity contribution in [3.8, 4) is 6.07 Å². The maximum Gasteiger partial charge on any atom is 0.234 e.